The SMILES string of the molecule is C[C@H]1CN(C(=O)Nc2ccc(Cl)cc2)CCN1.Cl. The third-order valence-corrected chi connectivity index (χ3v) is 3.00. The molecule has 1 aromatic carbocycles. The summed E-state index contributed by atoms with van der Waals surface area (Å²) in [5.41, 5.74) is 0.769. The van der Waals surface area contributed by atoms with Crippen LogP contribution in [0.15, 0.2) is 24.3 Å². The van der Waals surface area contributed by atoms with Crippen molar-refractivity contribution in [1.82, 2.24) is 10.2 Å². The molecular weight excluding hydrogens is 273 g/mol. The molecule has 1 atom stereocenters. The van der Waals surface area contributed by atoms with Crippen LogP contribution in [0.4, 0.5) is 10.5 Å². The predicted octanol–water partition coefficient (Wildman–Crippen LogP) is 2.59. The quantitative estimate of drug-likeness (QED) is 0.835. The van der Waals surface area contributed by atoms with Gasteiger partial charge in [-0.05, 0) is 31.2 Å². The highest BCUT2D eigenvalue weighted by Gasteiger charge is 2.20. The van der Waals surface area contributed by atoms with E-state index in [1.165, 1.54) is 0 Å². The molecule has 0 spiro atoms. The van der Waals surface area contributed by atoms with E-state index in [2.05, 4.69) is 17.6 Å². The summed E-state index contributed by atoms with van der Waals surface area (Å²) in [7, 11) is 0. The Bertz CT molecular complexity index is 397. The third kappa shape index (κ3) is 4.05. The Balaban J connectivity index is 0.00000162. The van der Waals surface area contributed by atoms with Crippen LogP contribution >= 0.6 is 24.0 Å². The molecule has 100 valence electrons. The van der Waals surface area contributed by atoms with Crippen molar-refractivity contribution in [2.24, 2.45) is 0 Å². The summed E-state index contributed by atoms with van der Waals surface area (Å²) in [6.07, 6.45) is 0. The number of hydrogen-bond donors (Lipinski definition) is 2. The van der Waals surface area contributed by atoms with Crippen molar-refractivity contribution in [1.29, 1.82) is 0 Å². The Morgan fingerprint density at radius 2 is 2.11 bits per heavy atom. The average Bonchev–Trinajstić information content (AvgIpc) is 2.32. The van der Waals surface area contributed by atoms with Crippen LogP contribution in [0.2, 0.25) is 5.02 Å². The maximum atomic E-state index is 12.0. The smallest absolute Gasteiger partial charge is 0.321 e. The summed E-state index contributed by atoms with van der Waals surface area (Å²) in [5, 5.41) is 6.82. The second-order valence-electron chi connectivity index (χ2n) is 4.24. The van der Waals surface area contributed by atoms with Crippen LogP contribution in [0.5, 0.6) is 0 Å². The van der Waals surface area contributed by atoms with E-state index >= 15 is 0 Å². The van der Waals surface area contributed by atoms with Crippen LogP contribution in [0.3, 0.4) is 0 Å². The number of benzene rings is 1. The van der Waals surface area contributed by atoms with Crippen molar-refractivity contribution in [2.45, 2.75) is 13.0 Å². The van der Waals surface area contributed by atoms with Crippen molar-refractivity contribution < 1.29 is 4.79 Å². The fourth-order valence-electron chi connectivity index (χ4n) is 1.85. The molecule has 0 radical (unpaired) electrons. The minimum absolute atomic E-state index is 0. The molecule has 0 saturated carbocycles. The average molecular weight is 290 g/mol. The van der Waals surface area contributed by atoms with Gasteiger partial charge in [0.2, 0.25) is 0 Å². The zero-order chi connectivity index (χ0) is 12.3. The fourth-order valence-corrected chi connectivity index (χ4v) is 1.98. The standard InChI is InChI=1S/C12H16ClN3O.ClH/c1-9-8-16(7-6-14-9)12(17)15-11-4-2-10(13)3-5-11;/h2-5,9,14H,6-8H2,1H3,(H,15,17);1H/t9-;/m0./s1. The molecule has 0 unspecified atom stereocenters. The van der Waals surface area contributed by atoms with Gasteiger partial charge in [-0.3, -0.25) is 0 Å². The second-order valence-corrected chi connectivity index (χ2v) is 4.67. The van der Waals surface area contributed by atoms with Crippen LogP contribution in [0.1, 0.15) is 6.92 Å². The number of rotatable bonds is 1. The summed E-state index contributed by atoms with van der Waals surface area (Å²) < 4.78 is 0. The lowest BCUT2D eigenvalue weighted by atomic mass is 10.2. The van der Waals surface area contributed by atoms with Gasteiger partial charge < -0.3 is 15.5 Å². The zero-order valence-corrected chi connectivity index (χ0v) is 11.7. The first-order valence-electron chi connectivity index (χ1n) is 5.70. The topological polar surface area (TPSA) is 44.4 Å². The Labute approximate surface area is 118 Å². The first-order valence-corrected chi connectivity index (χ1v) is 6.08. The maximum Gasteiger partial charge on any atom is 0.321 e. The Kier molecular flexibility index (Phi) is 5.72. The molecule has 6 heteroatoms. The lowest BCUT2D eigenvalue weighted by Crippen LogP contribution is -2.52. The van der Waals surface area contributed by atoms with Crippen molar-refractivity contribution >= 4 is 35.7 Å². The van der Waals surface area contributed by atoms with Crippen molar-refractivity contribution in [3.05, 3.63) is 29.3 Å². The fraction of sp³-hybridized carbons (Fsp3) is 0.417. The van der Waals surface area contributed by atoms with E-state index < -0.39 is 0 Å². The highest BCUT2D eigenvalue weighted by atomic mass is 35.5. The number of carbonyl (C=O) groups excluding carboxylic acids is 1. The molecule has 1 heterocycles. The second kappa shape index (κ2) is 6.83. The highest BCUT2D eigenvalue weighted by Crippen LogP contribution is 2.14. The van der Waals surface area contributed by atoms with Crippen LogP contribution in [0.25, 0.3) is 0 Å². The lowest BCUT2D eigenvalue weighted by Gasteiger charge is -2.31. The van der Waals surface area contributed by atoms with Gasteiger partial charge in [0, 0.05) is 36.4 Å². The summed E-state index contributed by atoms with van der Waals surface area (Å²) >= 11 is 5.78. The van der Waals surface area contributed by atoms with Gasteiger partial charge in [-0.1, -0.05) is 11.6 Å². The molecule has 1 aliphatic rings. The number of carbonyl (C=O) groups is 1. The van der Waals surface area contributed by atoms with E-state index in [1.807, 2.05) is 4.90 Å². The highest BCUT2D eigenvalue weighted by molar-refractivity contribution is 6.30. The summed E-state index contributed by atoms with van der Waals surface area (Å²) in [4.78, 5) is 13.8. The molecule has 1 aliphatic heterocycles. The summed E-state index contributed by atoms with van der Waals surface area (Å²) in [6.45, 7) is 4.39. The molecule has 1 saturated heterocycles. The van der Waals surface area contributed by atoms with Crippen LogP contribution in [0, 0.1) is 0 Å². The molecule has 4 nitrogen and oxygen atoms in total. The molecule has 2 amide bonds. The molecule has 0 aromatic heterocycles. The number of nitrogens with one attached hydrogen (secondary N) is 2. The van der Waals surface area contributed by atoms with Crippen molar-refractivity contribution in [2.75, 3.05) is 25.0 Å². The third-order valence-electron chi connectivity index (χ3n) is 2.75. The number of urea groups is 1. The molecule has 0 aliphatic carbocycles. The maximum absolute atomic E-state index is 12.0. The number of anilines is 1. The van der Waals surface area contributed by atoms with Crippen LogP contribution in [-0.4, -0.2) is 36.6 Å². The Morgan fingerprint density at radius 1 is 1.44 bits per heavy atom. The molecule has 0 bridgehead atoms. The number of piperazine rings is 1. The first-order chi connectivity index (χ1) is 8.15. The van der Waals surface area contributed by atoms with Gasteiger partial charge in [0.05, 0.1) is 0 Å². The molecule has 2 N–H and O–H groups in total. The number of nitrogens with zero attached hydrogens (tertiary/aromatic N) is 1. The van der Waals surface area contributed by atoms with Gasteiger partial charge in [-0.25, -0.2) is 4.79 Å². The number of halogens is 2. The number of hydrogen-bond acceptors (Lipinski definition) is 2. The van der Waals surface area contributed by atoms with Crippen molar-refractivity contribution in [3.8, 4) is 0 Å². The largest absolute Gasteiger partial charge is 0.322 e. The van der Waals surface area contributed by atoms with E-state index in [4.69, 9.17) is 11.6 Å². The first kappa shape index (κ1) is 15.1. The van der Waals surface area contributed by atoms with Gasteiger partial charge in [-0.2, -0.15) is 0 Å². The minimum atomic E-state index is -0.0549. The van der Waals surface area contributed by atoms with E-state index in [0.29, 0.717) is 11.1 Å². The molecular formula is C12H17Cl2N3O. The molecule has 2 rings (SSSR count). The molecule has 1 aromatic rings. The Morgan fingerprint density at radius 3 is 2.72 bits per heavy atom. The van der Waals surface area contributed by atoms with Gasteiger partial charge in [0.1, 0.15) is 0 Å². The van der Waals surface area contributed by atoms with E-state index in [-0.39, 0.29) is 18.4 Å². The summed E-state index contributed by atoms with van der Waals surface area (Å²) in [5.74, 6) is 0. The zero-order valence-electron chi connectivity index (χ0n) is 10.1. The number of amides is 2. The molecule has 1 fully saturated rings. The normalized spacial score (nSPS) is 19.0. The van der Waals surface area contributed by atoms with Crippen LogP contribution in [-0.2, 0) is 0 Å². The molecule has 18 heavy (non-hydrogen) atoms. The van der Waals surface area contributed by atoms with Crippen LogP contribution < -0.4 is 10.6 Å². The van der Waals surface area contributed by atoms with E-state index in [9.17, 15) is 4.79 Å². The van der Waals surface area contributed by atoms with Gasteiger partial charge in [0.25, 0.3) is 0 Å². The summed E-state index contributed by atoms with van der Waals surface area (Å²) in [6, 6.07) is 7.41. The van der Waals surface area contributed by atoms with Gasteiger partial charge in [0.15, 0.2) is 0 Å². The minimum Gasteiger partial charge on any atom is -0.322 e. The van der Waals surface area contributed by atoms with Crippen molar-refractivity contribution in [3.63, 3.8) is 0 Å². The van der Waals surface area contributed by atoms with Gasteiger partial charge in [-0.15, -0.1) is 12.4 Å². The lowest BCUT2D eigenvalue weighted by molar-refractivity contribution is 0.192. The van der Waals surface area contributed by atoms with Gasteiger partial charge >= 0.3 is 6.03 Å². The monoisotopic (exact) mass is 289 g/mol. The van der Waals surface area contributed by atoms with E-state index in [0.717, 1.165) is 25.3 Å². The Hall–Kier alpha value is -0.970. The predicted molar refractivity (Wildman–Crippen MR) is 76.8 cm³/mol. The van der Waals surface area contributed by atoms with E-state index in [1.54, 1.807) is 24.3 Å².